The molecule has 1 aliphatic rings. The summed E-state index contributed by atoms with van der Waals surface area (Å²) < 4.78 is 22.7. The fourth-order valence-corrected chi connectivity index (χ4v) is 4.06. The van der Waals surface area contributed by atoms with Crippen LogP contribution in [0, 0.1) is 5.92 Å². The number of hydrogen-bond acceptors (Lipinski definition) is 3. The van der Waals surface area contributed by atoms with Crippen LogP contribution in [0.3, 0.4) is 0 Å². The Morgan fingerprint density at radius 2 is 1.82 bits per heavy atom. The molecule has 0 amide bonds. The highest BCUT2D eigenvalue weighted by molar-refractivity contribution is 7.91. The zero-order valence-electron chi connectivity index (χ0n) is 9.96. The first-order valence-corrected chi connectivity index (χ1v) is 7.80. The summed E-state index contributed by atoms with van der Waals surface area (Å²) in [4.78, 5) is 0. The van der Waals surface area contributed by atoms with Crippen LogP contribution in [-0.2, 0) is 9.84 Å². The van der Waals surface area contributed by atoms with E-state index < -0.39 is 9.84 Å². The minimum atomic E-state index is -2.80. The number of phenols is 1. The average molecular weight is 254 g/mol. The summed E-state index contributed by atoms with van der Waals surface area (Å²) in [6.07, 6.45) is 1.41. The number of phenolic OH excluding ortho intramolecular Hbond substituents is 1. The van der Waals surface area contributed by atoms with Crippen molar-refractivity contribution in [3.05, 3.63) is 29.8 Å². The molecule has 0 saturated carbocycles. The summed E-state index contributed by atoms with van der Waals surface area (Å²) in [6, 6.07) is 7.32. The minimum Gasteiger partial charge on any atom is -0.508 e. The van der Waals surface area contributed by atoms with Gasteiger partial charge in [-0.2, -0.15) is 0 Å². The molecular formula is C13H18O3S. The van der Waals surface area contributed by atoms with Gasteiger partial charge in [-0.1, -0.05) is 25.1 Å². The molecule has 1 saturated heterocycles. The van der Waals surface area contributed by atoms with Crippen LogP contribution < -0.4 is 0 Å². The molecule has 3 nitrogen and oxygen atoms in total. The first-order chi connectivity index (χ1) is 7.99. The molecular weight excluding hydrogens is 236 g/mol. The van der Waals surface area contributed by atoms with Crippen LogP contribution in [0.5, 0.6) is 5.75 Å². The minimum absolute atomic E-state index is 0.215. The van der Waals surface area contributed by atoms with Crippen molar-refractivity contribution in [2.24, 2.45) is 5.92 Å². The SMILES string of the molecule is CC(c1ccccc1O)C1CCS(=O)(=O)CC1. The fraction of sp³-hybridized carbons (Fsp3) is 0.538. The van der Waals surface area contributed by atoms with Gasteiger partial charge < -0.3 is 5.11 Å². The zero-order valence-corrected chi connectivity index (χ0v) is 10.8. The van der Waals surface area contributed by atoms with Crippen molar-refractivity contribution in [2.45, 2.75) is 25.7 Å². The standard InChI is InChI=1S/C13H18O3S/c1-10(12-4-2-3-5-13(12)14)11-6-8-17(15,16)9-7-11/h2-5,10-11,14H,6-9H2,1H3. The summed E-state index contributed by atoms with van der Waals surface area (Å²) in [5.41, 5.74) is 0.928. The molecule has 1 heterocycles. The number of benzene rings is 1. The van der Waals surface area contributed by atoms with Gasteiger partial charge in [0.2, 0.25) is 0 Å². The van der Waals surface area contributed by atoms with Gasteiger partial charge >= 0.3 is 0 Å². The molecule has 2 rings (SSSR count). The molecule has 0 bridgehead atoms. The van der Waals surface area contributed by atoms with E-state index in [-0.39, 0.29) is 17.4 Å². The molecule has 1 aromatic rings. The summed E-state index contributed by atoms with van der Waals surface area (Å²) in [5, 5.41) is 9.80. The third-order valence-electron chi connectivity index (χ3n) is 3.73. The lowest BCUT2D eigenvalue weighted by Gasteiger charge is -2.28. The molecule has 1 atom stereocenters. The molecule has 94 valence electrons. The Kier molecular flexibility index (Phi) is 3.43. The van der Waals surface area contributed by atoms with Gasteiger partial charge in [0, 0.05) is 0 Å². The molecule has 17 heavy (non-hydrogen) atoms. The number of para-hydroxylation sites is 1. The van der Waals surface area contributed by atoms with Crippen molar-refractivity contribution in [1.29, 1.82) is 0 Å². The maximum absolute atomic E-state index is 11.4. The molecule has 1 unspecified atom stereocenters. The summed E-state index contributed by atoms with van der Waals surface area (Å²) >= 11 is 0. The molecule has 0 radical (unpaired) electrons. The first-order valence-electron chi connectivity index (χ1n) is 5.98. The van der Waals surface area contributed by atoms with Gasteiger partial charge in [0.05, 0.1) is 11.5 Å². The van der Waals surface area contributed by atoms with Crippen LogP contribution in [0.4, 0.5) is 0 Å². The summed E-state index contributed by atoms with van der Waals surface area (Å²) in [6.45, 7) is 2.07. The Balaban J connectivity index is 2.12. The number of sulfone groups is 1. The Morgan fingerprint density at radius 1 is 1.24 bits per heavy atom. The number of hydrogen-bond donors (Lipinski definition) is 1. The van der Waals surface area contributed by atoms with Gasteiger partial charge in [-0.25, -0.2) is 8.42 Å². The van der Waals surface area contributed by atoms with E-state index in [1.165, 1.54) is 0 Å². The third kappa shape index (κ3) is 2.80. The zero-order chi connectivity index (χ0) is 12.5. The van der Waals surface area contributed by atoms with Crippen LogP contribution in [0.25, 0.3) is 0 Å². The van der Waals surface area contributed by atoms with Crippen molar-refractivity contribution in [3.63, 3.8) is 0 Å². The molecule has 1 fully saturated rings. The van der Waals surface area contributed by atoms with E-state index in [0.29, 0.717) is 24.5 Å². The molecule has 1 aliphatic heterocycles. The maximum atomic E-state index is 11.4. The van der Waals surface area contributed by atoms with Gasteiger partial charge in [0.25, 0.3) is 0 Å². The number of rotatable bonds is 2. The molecule has 1 N–H and O–H groups in total. The largest absolute Gasteiger partial charge is 0.508 e. The van der Waals surface area contributed by atoms with E-state index in [1.54, 1.807) is 12.1 Å². The Hall–Kier alpha value is -1.03. The maximum Gasteiger partial charge on any atom is 0.150 e. The van der Waals surface area contributed by atoms with E-state index in [2.05, 4.69) is 6.92 Å². The summed E-state index contributed by atoms with van der Waals surface area (Å²) in [7, 11) is -2.80. The van der Waals surface area contributed by atoms with Crippen LogP contribution >= 0.6 is 0 Å². The average Bonchev–Trinajstić information content (AvgIpc) is 2.29. The predicted octanol–water partition coefficient (Wildman–Crippen LogP) is 2.32. The van der Waals surface area contributed by atoms with Crippen LogP contribution in [0.2, 0.25) is 0 Å². The van der Waals surface area contributed by atoms with Crippen molar-refractivity contribution in [1.82, 2.24) is 0 Å². The van der Waals surface area contributed by atoms with E-state index in [9.17, 15) is 13.5 Å². The van der Waals surface area contributed by atoms with Gasteiger partial charge in [0.15, 0.2) is 0 Å². The lowest BCUT2D eigenvalue weighted by atomic mass is 9.83. The Labute approximate surface area is 102 Å². The monoisotopic (exact) mass is 254 g/mol. The lowest BCUT2D eigenvalue weighted by molar-refractivity contribution is 0.387. The molecule has 1 aromatic carbocycles. The Bertz CT molecular complexity index is 479. The molecule has 4 heteroatoms. The molecule has 0 spiro atoms. The van der Waals surface area contributed by atoms with Crippen molar-refractivity contribution < 1.29 is 13.5 Å². The second kappa shape index (κ2) is 4.69. The Morgan fingerprint density at radius 3 is 2.41 bits per heavy atom. The van der Waals surface area contributed by atoms with E-state index in [0.717, 1.165) is 5.56 Å². The second-order valence-corrected chi connectivity index (χ2v) is 7.14. The first kappa shape index (κ1) is 12.4. The topological polar surface area (TPSA) is 54.4 Å². The summed E-state index contributed by atoms with van der Waals surface area (Å²) in [5.74, 6) is 1.46. The molecule has 0 aromatic heterocycles. The smallest absolute Gasteiger partial charge is 0.150 e. The normalized spacial score (nSPS) is 22.2. The van der Waals surface area contributed by atoms with Gasteiger partial charge in [-0.05, 0) is 36.3 Å². The van der Waals surface area contributed by atoms with Gasteiger partial charge in [-0.15, -0.1) is 0 Å². The van der Waals surface area contributed by atoms with Gasteiger partial charge in [-0.3, -0.25) is 0 Å². The second-order valence-electron chi connectivity index (χ2n) is 4.84. The quantitative estimate of drug-likeness (QED) is 0.881. The predicted molar refractivity (Wildman–Crippen MR) is 67.9 cm³/mol. The van der Waals surface area contributed by atoms with E-state index in [1.807, 2.05) is 12.1 Å². The van der Waals surface area contributed by atoms with Crippen LogP contribution in [0.1, 0.15) is 31.2 Å². The van der Waals surface area contributed by atoms with Crippen LogP contribution in [0.15, 0.2) is 24.3 Å². The highest BCUT2D eigenvalue weighted by atomic mass is 32.2. The highest BCUT2D eigenvalue weighted by Crippen LogP contribution is 2.36. The van der Waals surface area contributed by atoms with E-state index >= 15 is 0 Å². The lowest BCUT2D eigenvalue weighted by Crippen LogP contribution is -2.26. The van der Waals surface area contributed by atoms with Crippen molar-refractivity contribution >= 4 is 9.84 Å². The fourth-order valence-electron chi connectivity index (χ4n) is 2.53. The highest BCUT2D eigenvalue weighted by Gasteiger charge is 2.28. The van der Waals surface area contributed by atoms with Gasteiger partial charge in [0.1, 0.15) is 15.6 Å². The molecule has 0 aliphatic carbocycles. The van der Waals surface area contributed by atoms with E-state index in [4.69, 9.17) is 0 Å². The third-order valence-corrected chi connectivity index (χ3v) is 5.45. The van der Waals surface area contributed by atoms with Crippen molar-refractivity contribution in [3.8, 4) is 5.75 Å². The number of aromatic hydroxyl groups is 1. The van der Waals surface area contributed by atoms with Crippen molar-refractivity contribution in [2.75, 3.05) is 11.5 Å². The van der Waals surface area contributed by atoms with Crippen LogP contribution in [-0.4, -0.2) is 25.0 Å².